The average molecular weight is 354 g/mol. The predicted octanol–water partition coefficient (Wildman–Crippen LogP) is 2.96. The van der Waals surface area contributed by atoms with Gasteiger partial charge in [-0.1, -0.05) is 11.6 Å². The molecule has 1 heterocycles. The lowest BCUT2D eigenvalue weighted by molar-refractivity contribution is 0.0655. The van der Waals surface area contributed by atoms with Gasteiger partial charge in [0.25, 0.3) is 5.91 Å². The Hall–Kier alpha value is -0.290. The van der Waals surface area contributed by atoms with Crippen LogP contribution in [-0.2, 0) is 0 Å². The van der Waals surface area contributed by atoms with Crippen molar-refractivity contribution in [2.24, 2.45) is 0 Å². The van der Waals surface area contributed by atoms with Crippen molar-refractivity contribution >= 4 is 45.8 Å². The molecule has 0 aliphatic carbocycles. The third-order valence-corrected chi connectivity index (χ3v) is 4.14. The molecule has 1 atom stereocenters. The van der Waals surface area contributed by atoms with Crippen LogP contribution in [0, 0.1) is 0 Å². The van der Waals surface area contributed by atoms with Crippen molar-refractivity contribution in [3.8, 4) is 0 Å². The lowest BCUT2D eigenvalue weighted by Crippen LogP contribution is -2.52. The van der Waals surface area contributed by atoms with Crippen molar-refractivity contribution in [3.63, 3.8) is 0 Å². The number of nitrogens with zero attached hydrogens (tertiary/aromatic N) is 1. The Labute approximate surface area is 126 Å². The van der Waals surface area contributed by atoms with E-state index in [4.69, 9.17) is 11.6 Å². The molecule has 1 aromatic carbocycles. The Balaban J connectivity index is 0.00000162. The van der Waals surface area contributed by atoms with Crippen molar-refractivity contribution in [3.05, 3.63) is 33.3 Å². The Morgan fingerprint density at radius 2 is 2.28 bits per heavy atom. The highest BCUT2D eigenvalue weighted by atomic mass is 79.9. The van der Waals surface area contributed by atoms with Crippen LogP contribution in [0.25, 0.3) is 0 Å². The van der Waals surface area contributed by atoms with E-state index in [-0.39, 0.29) is 24.4 Å². The maximum absolute atomic E-state index is 12.3. The van der Waals surface area contributed by atoms with E-state index in [0.29, 0.717) is 10.6 Å². The summed E-state index contributed by atoms with van der Waals surface area (Å²) in [5, 5.41) is 3.89. The van der Waals surface area contributed by atoms with Crippen LogP contribution in [-0.4, -0.2) is 36.5 Å². The lowest BCUT2D eigenvalue weighted by atomic mass is 10.1. The van der Waals surface area contributed by atoms with Crippen LogP contribution in [0.2, 0.25) is 5.02 Å². The molecule has 3 nitrogen and oxygen atoms in total. The fourth-order valence-electron chi connectivity index (χ4n) is 1.94. The summed E-state index contributed by atoms with van der Waals surface area (Å²) in [7, 11) is 0. The van der Waals surface area contributed by atoms with Gasteiger partial charge < -0.3 is 10.2 Å². The molecular weight excluding hydrogens is 339 g/mol. The smallest absolute Gasteiger partial charge is 0.254 e. The van der Waals surface area contributed by atoms with Crippen LogP contribution >= 0.6 is 39.9 Å². The Morgan fingerprint density at radius 3 is 2.89 bits per heavy atom. The number of carbonyl (C=O) groups excluding carboxylic acids is 1. The number of hydrogen-bond donors (Lipinski definition) is 1. The molecule has 6 heteroatoms. The first kappa shape index (κ1) is 15.8. The predicted molar refractivity (Wildman–Crippen MR) is 79.8 cm³/mol. The molecule has 1 saturated heterocycles. The zero-order chi connectivity index (χ0) is 12.4. The number of amides is 1. The summed E-state index contributed by atoms with van der Waals surface area (Å²) in [6, 6.07) is 5.51. The summed E-state index contributed by atoms with van der Waals surface area (Å²) in [6.45, 7) is 4.50. The van der Waals surface area contributed by atoms with Gasteiger partial charge in [-0.15, -0.1) is 12.4 Å². The van der Waals surface area contributed by atoms with Gasteiger partial charge in [0.15, 0.2) is 0 Å². The van der Waals surface area contributed by atoms with Crippen molar-refractivity contribution in [1.29, 1.82) is 0 Å². The Kier molecular flexibility index (Phi) is 5.92. The van der Waals surface area contributed by atoms with E-state index < -0.39 is 0 Å². The third-order valence-electron chi connectivity index (χ3n) is 2.93. The van der Waals surface area contributed by atoms with E-state index in [1.165, 1.54) is 0 Å². The average Bonchev–Trinajstić information content (AvgIpc) is 2.32. The van der Waals surface area contributed by atoms with Gasteiger partial charge in [0.2, 0.25) is 0 Å². The minimum atomic E-state index is 0. The largest absolute Gasteiger partial charge is 0.333 e. The first-order valence-electron chi connectivity index (χ1n) is 5.56. The number of hydrogen-bond acceptors (Lipinski definition) is 2. The number of rotatable bonds is 1. The first-order chi connectivity index (χ1) is 8.09. The van der Waals surface area contributed by atoms with E-state index in [2.05, 4.69) is 28.2 Å². The van der Waals surface area contributed by atoms with E-state index >= 15 is 0 Å². The quantitative estimate of drug-likeness (QED) is 0.841. The van der Waals surface area contributed by atoms with Gasteiger partial charge in [-0.25, -0.2) is 0 Å². The van der Waals surface area contributed by atoms with Crippen LogP contribution in [0.3, 0.4) is 0 Å². The maximum Gasteiger partial charge on any atom is 0.254 e. The number of nitrogens with one attached hydrogen (secondary N) is 1. The van der Waals surface area contributed by atoms with Crippen LogP contribution in [0.5, 0.6) is 0 Å². The standard InChI is InChI=1S/C12H14BrClN2O.ClH/c1-8-7-15-4-5-16(8)12(17)9-2-3-11(14)10(13)6-9;/h2-3,6,8,15H,4-5,7H2,1H3;1H/t8-;/m1./s1. The highest BCUT2D eigenvalue weighted by Crippen LogP contribution is 2.24. The van der Waals surface area contributed by atoms with Gasteiger partial charge in [-0.2, -0.15) is 0 Å². The first-order valence-corrected chi connectivity index (χ1v) is 6.73. The molecular formula is C12H15BrCl2N2O. The van der Waals surface area contributed by atoms with E-state index in [0.717, 1.165) is 24.1 Å². The zero-order valence-electron chi connectivity index (χ0n) is 9.95. The van der Waals surface area contributed by atoms with Gasteiger partial charge in [0, 0.05) is 35.7 Å². The van der Waals surface area contributed by atoms with Gasteiger partial charge in [-0.3, -0.25) is 4.79 Å². The molecule has 1 fully saturated rings. The zero-order valence-corrected chi connectivity index (χ0v) is 13.1. The molecule has 1 aromatic rings. The Bertz CT molecular complexity index is 442. The molecule has 1 aliphatic heterocycles. The number of halogens is 3. The summed E-state index contributed by atoms with van der Waals surface area (Å²) < 4.78 is 0.757. The molecule has 100 valence electrons. The van der Waals surface area contributed by atoms with E-state index in [1.807, 2.05) is 4.90 Å². The van der Waals surface area contributed by atoms with E-state index in [9.17, 15) is 4.79 Å². The van der Waals surface area contributed by atoms with Crippen LogP contribution in [0.4, 0.5) is 0 Å². The summed E-state index contributed by atoms with van der Waals surface area (Å²) >= 11 is 9.26. The van der Waals surface area contributed by atoms with Crippen molar-refractivity contribution in [2.45, 2.75) is 13.0 Å². The molecule has 0 spiro atoms. The van der Waals surface area contributed by atoms with Crippen molar-refractivity contribution in [2.75, 3.05) is 19.6 Å². The monoisotopic (exact) mass is 352 g/mol. The fourth-order valence-corrected chi connectivity index (χ4v) is 2.43. The topological polar surface area (TPSA) is 32.3 Å². The molecule has 0 unspecified atom stereocenters. The summed E-state index contributed by atoms with van der Waals surface area (Å²) in [4.78, 5) is 14.2. The maximum atomic E-state index is 12.3. The third kappa shape index (κ3) is 3.38. The fraction of sp³-hybridized carbons (Fsp3) is 0.417. The molecule has 0 radical (unpaired) electrons. The summed E-state index contributed by atoms with van der Waals surface area (Å²) in [5.41, 5.74) is 0.676. The number of carbonyl (C=O) groups is 1. The molecule has 18 heavy (non-hydrogen) atoms. The molecule has 0 saturated carbocycles. The van der Waals surface area contributed by atoms with Gasteiger partial charge in [0.05, 0.1) is 5.02 Å². The van der Waals surface area contributed by atoms with Crippen LogP contribution < -0.4 is 5.32 Å². The molecule has 1 N–H and O–H groups in total. The van der Waals surface area contributed by atoms with Crippen LogP contribution in [0.1, 0.15) is 17.3 Å². The molecule has 0 aromatic heterocycles. The number of benzene rings is 1. The summed E-state index contributed by atoms with van der Waals surface area (Å²) in [6.07, 6.45) is 0. The highest BCUT2D eigenvalue weighted by Gasteiger charge is 2.24. The highest BCUT2D eigenvalue weighted by molar-refractivity contribution is 9.10. The second kappa shape index (κ2) is 6.75. The van der Waals surface area contributed by atoms with E-state index in [1.54, 1.807) is 18.2 Å². The normalized spacial score (nSPS) is 19.3. The molecule has 1 aliphatic rings. The second-order valence-electron chi connectivity index (χ2n) is 4.18. The molecule has 1 amide bonds. The summed E-state index contributed by atoms with van der Waals surface area (Å²) in [5.74, 6) is 0.0661. The molecule has 2 rings (SSSR count). The van der Waals surface area contributed by atoms with Gasteiger partial charge in [0.1, 0.15) is 0 Å². The van der Waals surface area contributed by atoms with Gasteiger partial charge >= 0.3 is 0 Å². The lowest BCUT2D eigenvalue weighted by Gasteiger charge is -2.34. The Morgan fingerprint density at radius 1 is 1.56 bits per heavy atom. The SMILES string of the molecule is C[C@@H]1CNCCN1C(=O)c1ccc(Cl)c(Br)c1.Cl. The minimum Gasteiger partial charge on any atom is -0.333 e. The number of piperazine rings is 1. The minimum absolute atomic E-state index is 0. The van der Waals surface area contributed by atoms with Crippen molar-refractivity contribution < 1.29 is 4.79 Å². The second-order valence-corrected chi connectivity index (χ2v) is 5.44. The van der Waals surface area contributed by atoms with Crippen molar-refractivity contribution in [1.82, 2.24) is 10.2 Å². The van der Waals surface area contributed by atoms with Crippen LogP contribution in [0.15, 0.2) is 22.7 Å². The molecule has 0 bridgehead atoms. The van der Waals surface area contributed by atoms with Gasteiger partial charge in [-0.05, 0) is 41.1 Å².